The Bertz CT molecular complexity index is 699. The van der Waals surface area contributed by atoms with Gasteiger partial charge in [0.1, 0.15) is 0 Å². The van der Waals surface area contributed by atoms with Crippen molar-refractivity contribution in [3.8, 4) is 0 Å². The highest BCUT2D eigenvalue weighted by atomic mass is 35.5. The van der Waals surface area contributed by atoms with Gasteiger partial charge in [-0.25, -0.2) is 0 Å². The molecule has 1 aromatic carbocycles. The molecule has 24 heavy (non-hydrogen) atoms. The average molecular weight is 364 g/mol. The smallest absolute Gasteiger partial charge is 0.236 e. The summed E-state index contributed by atoms with van der Waals surface area (Å²) in [7, 11) is 0. The highest BCUT2D eigenvalue weighted by molar-refractivity contribution is 7.10. The third kappa shape index (κ3) is 3.98. The van der Waals surface area contributed by atoms with E-state index in [-0.39, 0.29) is 11.9 Å². The summed E-state index contributed by atoms with van der Waals surface area (Å²) in [6, 6.07) is 9.68. The van der Waals surface area contributed by atoms with E-state index in [2.05, 4.69) is 21.7 Å². The molecule has 1 amide bonds. The lowest BCUT2D eigenvalue weighted by atomic mass is 10.0. The van der Waals surface area contributed by atoms with Crippen molar-refractivity contribution in [3.63, 3.8) is 0 Å². The molecule has 4 nitrogen and oxygen atoms in total. The van der Waals surface area contributed by atoms with Gasteiger partial charge in [-0.3, -0.25) is 9.69 Å². The Hall–Kier alpha value is -1.40. The summed E-state index contributed by atoms with van der Waals surface area (Å²) in [5.41, 5.74) is 8.21. The Morgan fingerprint density at radius 1 is 1.38 bits per heavy atom. The van der Waals surface area contributed by atoms with Crippen molar-refractivity contribution in [2.45, 2.75) is 32.0 Å². The number of amides is 1. The van der Waals surface area contributed by atoms with Crippen LogP contribution < -0.4 is 11.1 Å². The third-order valence-electron chi connectivity index (χ3n) is 4.42. The second-order valence-corrected chi connectivity index (χ2v) is 7.63. The van der Waals surface area contributed by atoms with E-state index in [0.717, 1.165) is 30.1 Å². The Morgan fingerprint density at radius 3 is 2.83 bits per heavy atom. The number of carbonyl (C=O) groups excluding carboxylic acids is 1. The molecule has 3 rings (SSSR count). The van der Waals surface area contributed by atoms with Gasteiger partial charge < -0.3 is 11.1 Å². The number of rotatable bonds is 5. The molecule has 0 spiro atoms. The minimum atomic E-state index is -0.499. The van der Waals surface area contributed by atoms with Gasteiger partial charge >= 0.3 is 0 Å². The van der Waals surface area contributed by atoms with Crippen LogP contribution in [0.4, 0.5) is 0 Å². The first-order chi connectivity index (χ1) is 11.5. The predicted molar refractivity (Wildman–Crippen MR) is 99.3 cm³/mol. The summed E-state index contributed by atoms with van der Waals surface area (Å²) in [4.78, 5) is 15.8. The van der Waals surface area contributed by atoms with Gasteiger partial charge in [-0.2, -0.15) is 0 Å². The van der Waals surface area contributed by atoms with Crippen LogP contribution in [-0.2, 0) is 17.8 Å². The number of carbonyl (C=O) groups is 1. The molecule has 1 aliphatic rings. The fourth-order valence-corrected chi connectivity index (χ4v) is 4.05. The van der Waals surface area contributed by atoms with Crippen molar-refractivity contribution in [1.29, 1.82) is 0 Å². The first-order valence-electron chi connectivity index (χ1n) is 8.12. The van der Waals surface area contributed by atoms with E-state index in [4.69, 9.17) is 17.3 Å². The molecule has 0 radical (unpaired) electrons. The molecule has 3 N–H and O–H groups in total. The minimum absolute atomic E-state index is 0.109. The van der Waals surface area contributed by atoms with E-state index in [1.807, 2.05) is 35.6 Å². The molecule has 1 aromatic heterocycles. The van der Waals surface area contributed by atoms with E-state index in [0.29, 0.717) is 6.54 Å². The molecular weight excluding hydrogens is 342 g/mol. The number of fused-ring (bicyclic) bond motifs is 1. The summed E-state index contributed by atoms with van der Waals surface area (Å²) >= 11 is 7.85. The summed E-state index contributed by atoms with van der Waals surface area (Å²) < 4.78 is 0. The summed E-state index contributed by atoms with van der Waals surface area (Å²) in [6.07, 6.45) is 1.05. The van der Waals surface area contributed by atoms with Gasteiger partial charge in [0, 0.05) is 29.5 Å². The van der Waals surface area contributed by atoms with Crippen LogP contribution in [0.5, 0.6) is 0 Å². The highest BCUT2D eigenvalue weighted by Gasteiger charge is 2.26. The fraction of sp³-hybridized carbons (Fsp3) is 0.389. The molecule has 2 heterocycles. The van der Waals surface area contributed by atoms with Crippen LogP contribution in [0, 0.1) is 0 Å². The number of benzene rings is 1. The van der Waals surface area contributed by atoms with Crippen molar-refractivity contribution in [1.82, 2.24) is 10.2 Å². The maximum Gasteiger partial charge on any atom is 0.236 e. The maximum atomic E-state index is 11.9. The Labute approximate surface area is 151 Å². The SMILES string of the molecule is C[C@@H](N)C(=O)NCC(c1ccc(Cl)cc1)N1CCc2sccc2C1. The molecule has 2 atom stereocenters. The van der Waals surface area contributed by atoms with Gasteiger partial charge in [0.2, 0.25) is 5.91 Å². The zero-order valence-corrected chi connectivity index (χ0v) is 15.2. The van der Waals surface area contributed by atoms with Crippen LogP contribution in [0.25, 0.3) is 0 Å². The van der Waals surface area contributed by atoms with Crippen molar-refractivity contribution in [3.05, 3.63) is 56.7 Å². The second-order valence-electron chi connectivity index (χ2n) is 6.19. The summed E-state index contributed by atoms with van der Waals surface area (Å²) in [5.74, 6) is -0.123. The molecular formula is C18H22ClN3OS. The largest absolute Gasteiger partial charge is 0.353 e. The number of thiophene rings is 1. The van der Waals surface area contributed by atoms with Gasteiger partial charge in [0.15, 0.2) is 0 Å². The second kappa shape index (κ2) is 7.66. The van der Waals surface area contributed by atoms with E-state index in [1.165, 1.54) is 10.4 Å². The van der Waals surface area contributed by atoms with Crippen molar-refractivity contribution in [2.24, 2.45) is 5.73 Å². The number of halogens is 1. The number of nitrogens with two attached hydrogens (primary N) is 1. The van der Waals surface area contributed by atoms with Crippen LogP contribution in [0.2, 0.25) is 5.02 Å². The lowest BCUT2D eigenvalue weighted by molar-refractivity contribution is -0.122. The molecule has 6 heteroatoms. The molecule has 1 unspecified atom stereocenters. The number of hydrogen-bond acceptors (Lipinski definition) is 4. The lowest BCUT2D eigenvalue weighted by Gasteiger charge is -2.35. The van der Waals surface area contributed by atoms with Gasteiger partial charge in [-0.1, -0.05) is 23.7 Å². The van der Waals surface area contributed by atoms with E-state index < -0.39 is 6.04 Å². The van der Waals surface area contributed by atoms with Crippen LogP contribution >= 0.6 is 22.9 Å². The molecule has 0 saturated heterocycles. The Kier molecular flexibility index (Phi) is 5.56. The molecule has 0 fully saturated rings. The monoisotopic (exact) mass is 363 g/mol. The van der Waals surface area contributed by atoms with E-state index in [1.54, 1.807) is 6.92 Å². The predicted octanol–water partition coefficient (Wildman–Crippen LogP) is 2.96. The van der Waals surface area contributed by atoms with Crippen LogP contribution in [0.15, 0.2) is 35.7 Å². The van der Waals surface area contributed by atoms with Crippen LogP contribution in [0.3, 0.4) is 0 Å². The summed E-state index contributed by atoms with van der Waals surface area (Å²) in [5, 5.41) is 5.85. The topological polar surface area (TPSA) is 58.4 Å². The third-order valence-corrected chi connectivity index (χ3v) is 5.69. The zero-order valence-electron chi connectivity index (χ0n) is 13.7. The zero-order chi connectivity index (χ0) is 17.1. The molecule has 128 valence electrons. The van der Waals surface area contributed by atoms with Gasteiger partial charge in [0.25, 0.3) is 0 Å². The highest BCUT2D eigenvalue weighted by Crippen LogP contribution is 2.30. The van der Waals surface area contributed by atoms with Gasteiger partial charge in [0.05, 0.1) is 12.1 Å². The number of nitrogens with one attached hydrogen (secondary N) is 1. The number of hydrogen-bond donors (Lipinski definition) is 2. The molecule has 2 aromatic rings. The van der Waals surface area contributed by atoms with Gasteiger partial charge in [-0.05, 0) is 48.1 Å². The first-order valence-corrected chi connectivity index (χ1v) is 9.38. The standard InChI is InChI=1S/C18H22ClN3OS/c1-12(20)18(23)21-10-16(13-2-4-15(19)5-3-13)22-8-6-17-14(11-22)7-9-24-17/h2-5,7,9,12,16H,6,8,10-11,20H2,1H3,(H,21,23)/t12-,16?/m1/s1. The van der Waals surface area contributed by atoms with Crippen LogP contribution in [-0.4, -0.2) is 29.9 Å². The van der Waals surface area contributed by atoms with Crippen LogP contribution in [0.1, 0.15) is 29.0 Å². The molecule has 0 bridgehead atoms. The Balaban J connectivity index is 1.79. The van der Waals surface area contributed by atoms with Crippen molar-refractivity contribution < 1.29 is 4.79 Å². The quantitative estimate of drug-likeness (QED) is 0.858. The molecule has 0 saturated carbocycles. The fourth-order valence-electron chi connectivity index (χ4n) is 3.04. The van der Waals surface area contributed by atoms with E-state index >= 15 is 0 Å². The van der Waals surface area contributed by atoms with Crippen molar-refractivity contribution >= 4 is 28.8 Å². The Morgan fingerprint density at radius 2 is 2.12 bits per heavy atom. The molecule has 0 aliphatic carbocycles. The minimum Gasteiger partial charge on any atom is -0.353 e. The lowest BCUT2D eigenvalue weighted by Crippen LogP contribution is -2.44. The van der Waals surface area contributed by atoms with Crippen molar-refractivity contribution in [2.75, 3.05) is 13.1 Å². The maximum absolute atomic E-state index is 11.9. The first kappa shape index (κ1) is 17.4. The molecule has 1 aliphatic heterocycles. The number of nitrogens with zero attached hydrogens (tertiary/aromatic N) is 1. The van der Waals surface area contributed by atoms with E-state index in [9.17, 15) is 4.79 Å². The average Bonchev–Trinajstić information content (AvgIpc) is 3.04. The van der Waals surface area contributed by atoms with Gasteiger partial charge in [-0.15, -0.1) is 11.3 Å². The normalized spacial score (nSPS) is 17.1. The summed E-state index contributed by atoms with van der Waals surface area (Å²) in [6.45, 7) is 4.13.